The number of nitrogens with one attached hydrogen (secondary N) is 2. The van der Waals surface area contributed by atoms with Gasteiger partial charge < -0.3 is 19.8 Å². The maximum Gasteiger partial charge on any atom is 0.191 e. The summed E-state index contributed by atoms with van der Waals surface area (Å²) in [6.07, 6.45) is 0. The molecule has 0 saturated carbocycles. The molecule has 1 heterocycles. The van der Waals surface area contributed by atoms with Gasteiger partial charge in [-0.25, -0.2) is 4.99 Å². The van der Waals surface area contributed by atoms with Crippen molar-refractivity contribution in [1.82, 2.24) is 10.6 Å². The molecule has 0 saturated heterocycles. The van der Waals surface area contributed by atoms with E-state index in [0.29, 0.717) is 26.3 Å². The summed E-state index contributed by atoms with van der Waals surface area (Å²) in [4.78, 5) is 4.59. The Hall–Kier alpha value is -2.27. The Morgan fingerprint density at radius 2 is 1.96 bits per heavy atom. The molecule has 1 aromatic carbocycles. The van der Waals surface area contributed by atoms with Gasteiger partial charge in [-0.05, 0) is 32.4 Å². The Kier molecular flexibility index (Phi) is 7.36. The van der Waals surface area contributed by atoms with Gasteiger partial charge in [-0.3, -0.25) is 0 Å². The molecule has 0 amide bonds. The number of hydrogen-bond donors (Lipinski definition) is 2. The number of ether oxygens (including phenoxy) is 1. The zero-order valence-corrected chi connectivity index (χ0v) is 14.8. The van der Waals surface area contributed by atoms with E-state index in [1.54, 1.807) is 0 Å². The van der Waals surface area contributed by atoms with Crippen LogP contribution in [0.3, 0.4) is 0 Å². The second kappa shape index (κ2) is 9.78. The number of aryl methyl sites for hydroxylation is 2. The van der Waals surface area contributed by atoms with Crippen molar-refractivity contribution in [1.29, 1.82) is 0 Å². The number of aliphatic imine (C=N–C) groups is 1. The smallest absolute Gasteiger partial charge is 0.191 e. The highest BCUT2D eigenvalue weighted by Gasteiger charge is 2.04. The maximum atomic E-state index is 5.67. The van der Waals surface area contributed by atoms with Gasteiger partial charge >= 0.3 is 0 Å². The molecule has 2 rings (SSSR count). The number of guanidine groups is 1. The standard InChI is InChI=1S/C19H27N3O2/c1-4-20-19(22-13-18-12-15(2)24-16(18)3)21-10-11-23-14-17-8-6-5-7-9-17/h5-9,12H,4,10-11,13-14H2,1-3H3,(H2,20,21,22). The summed E-state index contributed by atoms with van der Waals surface area (Å²) in [7, 11) is 0. The van der Waals surface area contributed by atoms with Crippen molar-refractivity contribution in [2.45, 2.75) is 33.9 Å². The molecule has 0 aliphatic carbocycles. The Morgan fingerprint density at radius 1 is 1.17 bits per heavy atom. The molecular weight excluding hydrogens is 302 g/mol. The van der Waals surface area contributed by atoms with Crippen LogP contribution in [0.25, 0.3) is 0 Å². The summed E-state index contributed by atoms with van der Waals surface area (Å²) in [6.45, 7) is 9.36. The van der Waals surface area contributed by atoms with Crippen LogP contribution in [0.15, 0.2) is 45.8 Å². The van der Waals surface area contributed by atoms with Gasteiger partial charge in [0.05, 0.1) is 19.8 Å². The molecule has 0 fully saturated rings. The first-order valence-corrected chi connectivity index (χ1v) is 8.38. The number of hydrogen-bond acceptors (Lipinski definition) is 3. The largest absolute Gasteiger partial charge is 0.466 e. The van der Waals surface area contributed by atoms with Gasteiger partial charge in [0, 0.05) is 18.7 Å². The van der Waals surface area contributed by atoms with Crippen LogP contribution >= 0.6 is 0 Å². The second-order valence-electron chi connectivity index (χ2n) is 5.60. The number of furan rings is 1. The van der Waals surface area contributed by atoms with Gasteiger partial charge in [0.1, 0.15) is 11.5 Å². The SMILES string of the molecule is CCNC(=NCc1cc(C)oc1C)NCCOCc1ccccc1. The summed E-state index contributed by atoms with van der Waals surface area (Å²) >= 11 is 0. The first kappa shape index (κ1) is 18.1. The molecule has 0 spiro atoms. The van der Waals surface area contributed by atoms with Crippen LogP contribution in [0.1, 0.15) is 29.6 Å². The van der Waals surface area contributed by atoms with Crippen LogP contribution in [-0.4, -0.2) is 25.7 Å². The lowest BCUT2D eigenvalue weighted by Crippen LogP contribution is -2.38. The number of benzene rings is 1. The average molecular weight is 329 g/mol. The molecule has 24 heavy (non-hydrogen) atoms. The maximum absolute atomic E-state index is 5.67. The van der Waals surface area contributed by atoms with E-state index >= 15 is 0 Å². The topological polar surface area (TPSA) is 58.8 Å². The minimum absolute atomic E-state index is 0.601. The molecule has 0 aliphatic rings. The van der Waals surface area contributed by atoms with Crippen molar-refractivity contribution in [3.8, 4) is 0 Å². The fraction of sp³-hybridized carbons (Fsp3) is 0.421. The Bertz CT molecular complexity index is 635. The van der Waals surface area contributed by atoms with Crippen molar-refractivity contribution in [2.24, 2.45) is 4.99 Å². The number of rotatable bonds is 8. The van der Waals surface area contributed by atoms with Gasteiger partial charge in [0.25, 0.3) is 0 Å². The third kappa shape index (κ3) is 6.08. The minimum atomic E-state index is 0.601. The molecule has 130 valence electrons. The van der Waals surface area contributed by atoms with E-state index in [0.717, 1.165) is 29.6 Å². The quantitative estimate of drug-likeness (QED) is 0.444. The van der Waals surface area contributed by atoms with E-state index in [1.807, 2.05) is 38.1 Å². The van der Waals surface area contributed by atoms with Crippen molar-refractivity contribution in [3.63, 3.8) is 0 Å². The molecule has 2 N–H and O–H groups in total. The Morgan fingerprint density at radius 3 is 2.62 bits per heavy atom. The predicted molar refractivity (Wildman–Crippen MR) is 97.1 cm³/mol. The van der Waals surface area contributed by atoms with Gasteiger partial charge in [-0.15, -0.1) is 0 Å². The molecule has 2 aromatic rings. The Balaban J connectivity index is 1.74. The Labute approximate surface area is 144 Å². The molecule has 0 radical (unpaired) electrons. The van der Waals surface area contributed by atoms with Crippen LogP contribution in [0.5, 0.6) is 0 Å². The highest BCUT2D eigenvalue weighted by Crippen LogP contribution is 2.14. The molecule has 0 unspecified atom stereocenters. The first-order chi connectivity index (χ1) is 11.7. The summed E-state index contributed by atoms with van der Waals surface area (Å²) in [5.74, 6) is 2.64. The molecule has 5 heteroatoms. The van der Waals surface area contributed by atoms with E-state index in [4.69, 9.17) is 9.15 Å². The van der Waals surface area contributed by atoms with Crippen LogP contribution in [0.2, 0.25) is 0 Å². The zero-order chi connectivity index (χ0) is 17.2. The first-order valence-electron chi connectivity index (χ1n) is 8.38. The van der Waals surface area contributed by atoms with Crippen LogP contribution in [-0.2, 0) is 17.9 Å². The number of nitrogens with zero attached hydrogens (tertiary/aromatic N) is 1. The molecule has 5 nitrogen and oxygen atoms in total. The summed E-state index contributed by atoms with van der Waals surface area (Å²) < 4.78 is 11.2. The van der Waals surface area contributed by atoms with E-state index in [9.17, 15) is 0 Å². The summed E-state index contributed by atoms with van der Waals surface area (Å²) in [5.41, 5.74) is 2.30. The summed E-state index contributed by atoms with van der Waals surface area (Å²) in [6, 6.07) is 12.2. The third-order valence-corrected chi connectivity index (χ3v) is 3.55. The fourth-order valence-corrected chi connectivity index (χ4v) is 2.35. The highest BCUT2D eigenvalue weighted by atomic mass is 16.5. The highest BCUT2D eigenvalue weighted by molar-refractivity contribution is 5.79. The van der Waals surface area contributed by atoms with Gasteiger partial charge in [0.2, 0.25) is 0 Å². The van der Waals surface area contributed by atoms with E-state index in [2.05, 4.69) is 34.7 Å². The van der Waals surface area contributed by atoms with Crippen LogP contribution in [0, 0.1) is 13.8 Å². The molecule has 1 aromatic heterocycles. The second-order valence-corrected chi connectivity index (χ2v) is 5.60. The van der Waals surface area contributed by atoms with E-state index < -0.39 is 0 Å². The predicted octanol–water partition coefficient (Wildman–Crippen LogP) is 3.17. The van der Waals surface area contributed by atoms with Crippen molar-refractivity contribution in [3.05, 3.63) is 59.0 Å². The van der Waals surface area contributed by atoms with Gasteiger partial charge in [-0.2, -0.15) is 0 Å². The van der Waals surface area contributed by atoms with Crippen molar-refractivity contribution in [2.75, 3.05) is 19.7 Å². The third-order valence-electron chi connectivity index (χ3n) is 3.55. The van der Waals surface area contributed by atoms with Crippen LogP contribution < -0.4 is 10.6 Å². The molecular formula is C19H27N3O2. The molecule has 0 aliphatic heterocycles. The normalized spacial score (nSPS) is 11.5. The molecule has 0 atom stereocenters. The lowest BCUT2D eigenvalue weighted by Gasteiger charge is -2.11. The van der Waals surface area contributed by atoms with Gasteiger partial charge in [0.15, 0.2) is 5.96 Å². The van der Waals surface area contributed by atoms with E-state index in [-0.39, 0.29) is 0 Å². The van der Waals surface area contributed by atoms with Crippen molar-refractivity contribution >= 4 is 5.96 Å². The van der Waals surface area contributed by atoms with Crippen molar-refractivity contribution < 1.29 is 9.15 Å². The lowest BCUT2D eigenvalue weighted by molar-refractivity contribution is 0.125. The monoisotopic (exact) mass is 329 g/mol. The summed E-state index contributed by atoms with van der Waals surface area (Å²) in [5, 5.41) is 6.53. The minimum Gasteiger partial charge on any atom is -0.466 e. The lowest BCUT2D eigenvalue weighted by atomic mass is 10.2. The van der Waals surface area contributed by atoms with Crippen LogP contribution in [0.4, 0.5) is 0 Å². The zero-order valence-electron chi connectivity index (χ0n) is 14.8. The van der Waals surface area contributed by atoms with E-state index in [1.165, 1.54) is 5.56 Å². The molecule has 0 bridgehead atoms. The van der Waals surface area contributed by atoms with Gasteiger partial charge in [-0.1, -0.05) is 30.3 Å². The fourth-order valence-electron chi connectivity index (χ4n) is 2.35. The average Bonchev–Trinajstić information content (AvgIpc) is 2.90.